The summed E-state index contributed by atoms with van der Waals surface area (Å²) in [6, 6.07) is 15.5. The zero-order valence-electron chi connectivity index (χ0n) is 16.1. The van der Waals surface area contributed by atoms with Gasteiger partial charge in [0.25, 0.3) is 5.91 Å². The molecule has 1 amide bonds. The van der Waals surface area contributed by atoms with Crippen LogP contribution in [0.25, 0.3) is 10.9 Å². The first-order chi connectivity index (χ1) is 14.3. The van der Waals surface area contributed by atoms with Crippen LogP contribution in [0.4, 0.5) is 0 Å². The summed E-state index contributed by atoms with van der Waals surface area (Å²) in [5.74, 6) is 2.33. The van der Waals surface area contributed by atoms with E-state index in [-0.39, 0.29) is 12.7 Å². The van der Waals surface area contributed by atoms with Crippen LogP contribution in [0.3, 0.4) is 0 Å². The number of amides is 1. The molecule has 0 aliphatic carbocycles. The lowest BCUT2D eigenvalue weighted by atomic mass is 10.2. The zero-order chi connectivity index (χ0) is 19.6. The van der Waals surface area contributed by atoms with Crippen LogP contribution < -0.4 is 14.2 Å². The summed E-state index contributed by atoms with van der Waals surface area (Å²) in [6.07, 6.45) is 0. The van der Waals surface area contributed by atoms with Crippen molar-refractivity contribution in [2.24, 2.45) is 0 Å². The summed E-state index contributed by atoms with van der Waals surface area (Å²) in [5.41, 5.74) is 1.65. The molecule has 1 aromatic heterocycles. The molecule has 29 heavy (non-hydrogen) atoms. The number of ether oxygens (including phenoxy) is 3. The van der Waals surface area contributed by atoms with E-state index in [0.29, 0.717) is 12.3 Å². The molecule has 1 saturated heterocycles. The topological polar surface area (TPSA) is 67.0 Å². The first kappa shape index (κ1) is 17.9. The fourth-order valence-corrected chi connectivity index (χ4v) is 3.79. The van der Waals surface area contributed by atoms with Crippen molar-refractivity contribution in [3.05, 3.63) is 54.2 Å². The Morgan fingerprint density at radius 2 is 1.83 bits per heavy atom. The summed E-state index contributed by atoms with van der Waals surface area (Å²) in [6.45, 7) is 4.81. The molecule has 0 radical (unpaired) electrons. The molecule has 3 aromatic rings. The minimum Gasteiger partial charge on any atom is -0.492 e. The van der Waals surface area contributed by atoms with Gasteiger partial charge in [0.1, 0.15) is 18.1 Å². The second-order valence-electron chi connectivity index (χ2n) is 7.27. The minimum atomic E-state index is 0.0671. The summed E-state index contributed by atoms with van der Waals surface area (Å²) in [7, 11) is 0. The SMILES string of the molecule is O=C(c1cc2ccccc2[nH]1)N1CCN(CCOc2ccc3c(c2)OCO3)CC1. The van der Waals surface area contributed by atoms with Gasteiger partial charge in [-0.1, -0.05) is 18.2 Å². The van der Waals surface area contributed by atoms with Crippen LogP contribution in [0, 0.1) is 0 Å². The second kappa shape index (κ2) is 7.67. The van der Waals surface area contributed by atoms with E-state index in [2.05, 4.69) is 9.88 Å². The number of carbonyl (C=O) groups is 1. The van der Waals surface area contributed by atoms with Crippen LogP contribution >= 0.6 is 0 Å². The van der Waals surface area contributed by atoms with Gasteiger partial charge in [-0.3, -0.25) is 9.69 Å². The molecule has 0 spiro atoms. The number of carbonyl (C=O) groups excluding carboxylic acids is 1. The molecule has 2 aliphatic heterocycles. The molecule has 2 aromatic carbocycles. The standard InChI is InChI=1S/C22H23N3O4/c26-22(19-13-16-3-1-2-4-18(16)23-19)25-9-7-24(8-10-25)11-12-27-17-5-6-20-21(14-17)29-15-28-20/h1-6,13-14,23H,7-12,15H2. The van der Waals surface area contributed by atoms with Gasteiger partial charge in [0.2, 0.25) is 6.79 Å². The number of rotatable bonds is 5. The number of nitrogens with zero attached hydrogens (tertiary/aromatic N) is 2. The number of aromatic amines is 1. The van der Waals surface area contributed by atoms with Gasteiger partial charge < -0.3 is 24.1 Å². The lowest BCUT2D eigenvalue weighted by molar-refractivity contribution is 0.0615. The fraction of sp³-hybridized carbons (Fsp3) is 0.318. The molecule has 2 aliphatic rings. The average Bonchev–Trinajstić information content (AvgIpc) is 3.40. The first-order valence-electron chi connectivity index (χ1n) is 9.88. The average molecular weight is 393 g/mol. The number of hydrogen-bond acceptors (Lipinski definition) is 5. The Hall–Kier alpha value is -3.19. The summed E-state index contributed by atoms with van der Waals surface area (Å²) < 4.78 is 16.5. The quantitative estimate of drug-likeness (QED) is 0.722. The van der Waals surface area contributed by atoms with Gasteiger partial charge in [0.15, 0.2) is 11.5 Å². The van der Waals surface area contributed by atoms with E-state index in [4.69, 9.17) is 14.2 Å². The van der Waals surface area contributed by atoms with Crippen molar-refractivity contribution in [2.45, 2.75) is 0 Å². The van der Waals surface area contributed by atoms with Crippen molar-refractivity contribution >= 4 is 16.8 Å². The van der Waals surface area contributed by atoms with Gasteiger partial charge in [-0.05, 0) is 24.3 Å². The van der Waals surface area contributed by atoms with E-state index in [1.165, 1.54) is 0 Å². The maximum atomic E-state index is 12.8. The third-order valence-electron chi connectivity index (χ3n) is 5.44. The highest BCUT2D eigenvalue weighted by molar-refractivity contribution is 5.98. The van der Waals surface area contributed by atoms with Gasteiger partial charge in [-0.2, -0.15) is 0 Å². The van der Waals surface area contributed by atoms with Crippen molar-refractivity contribution in [1.29, 1.82) is 0 Å². The normalized spacial score (nSPS) is 16.3. The molecular weight excluding hydrogens is 370 g/mol. The molecule has 0 atom stereocenters. The van der Waals surface area contributed by atoms with Crippen molar-refractivity contribution in [2.75, 3.05) is 46.1 Å². The predicted molar refractivity (Wildman–Crippen MR) is 109 cm³/mol. The Bertz CT molecular complexity index is 991. The molecule has 150 valence electrons. The molecule has 0 unspecified atom stereocenters. The fourth-order valence-electron chi connectivity index (χ4n) is 3.79. The molecule has 7 nitrogen and oxygen atoms in total. The Morgan fingerprint density at radius 3 is 2.69 bits per heavy atom. The number of hydrogen-bond donors (Lipinski definition) is 1. The van der Waals surface area contributed by atoms with E-state index >= 15 is 0 Å². The van der Waals surface area contributed by atoms with E-state index in [1.807, 2.05) is 53.4 Å². The van der Waals surface area contributed by atoms with Gasteiger partial charge in [0, 0.05) is 49.7 Å². The number of H-pyrrole nitrogens is 1. The van der Waals surface area contributed by atoms with Gasteiger partial charge >= 0.3 is 0 Å². The van der Waals surface area contributed by atoms with E-state index in [0.717, 1.165) is 60.9 Å². The van der Waals surface area contributed by atoms with E-state index in [1.54, 1.807) is 0 Å². The van der Waals surface area contributed by atoms with Crippen LogP contribution in [0.1, 0.15) is 10.5 Å². The van der Waals surface area contributed by atoms with Gasteiger partial charge in [-0.25, -0.2) is 0 Å². The number of nitrogens with one attached hydrogen (secondary N) is 1. The molecule has 3 heterocycles. The third kappa shape index (κ3) is 3.73. The first-order valence-corrected chi connectivity index (χ1v) is 9.88. The predicted octanol–water partition coefficient (Wildman–Crippen LogP) is 2.73. The van der Waals surface area contributed by atoms with Crippen LogP contribution in [0.15, 0.2) is 48.5 Å². The molecule has 0 saturated carbocycles. The highest BCUT2D eigenvalue weighted by Gasteiger charge is 2.23. The number of para-hydroxylation sites is 1. The maximum Gasteiger partial charge on any atom is 0.270 e. The molecule has 0 bridgehead atoms. The van der Waals surface area contributed by atoms with E-state index < -0.39 is 0 Å². The summed E-state index contributed by atoms with van der Waals surface area (Å²) in [5, 5.41) is 1.06. The zero-order valence-corrected chi connectivity index (χ0v) is 16.1. The van der Waals surface area contributed by atoms with Crippen LogP contribution in [-0.4, -0.2) is 66.8 Å². The lowest BCUT2D eigenvalue weighted by Gasteiger charge is -2.34. The van der Waals surface area contributed by atoms with Gasteiger partial charge in [0.05, 0.1) is 0 Å². The Labute approximate surface area is 168 Å². The summed E-state index contributed by atoms with van der Waals surface area (Å²) >= 11 is 0. The molecular formula is C22H23N3O4. The molecule has 5 rings (SSSR count). The number of fused-ring (bicyclic) bond motifs is 2. The monoisotopic (exact) mass is 393 g/mol. The van der Waals surface area contributed by atoms with Gasteiger partial charge in [-0.15, -0.1) is 0 Å². The van der Waals surface area contributed by atoms with Crippen molar-refractivity contribution in [3.63, 3.8) is 0 Å². The van der Waals surface area contributed by atoms with Crippen molar-refractivity contribution in [3.8, 4) is 17.2 Å². The lowest BCUT2D eigenvalue weighted by Crippen LogP contribution is -2.49. The highest BCUT2D eigenvalue weighted by atomic mass is 16.7. The van der Waals surface area contributed by atoms with Crippen LogP contribution in [0.5, 0.6) is 17.2 Å². The highest BCUT2D eigenvalue weighted by Crippen LogP contribution is 2.35. The largest absolute Gasteiger partial charge is 0.492 e. The minimum absolute atomic E-state index is 0.0671. The molecule has 7 heteroatoms. The smallest absolute Gasteiger partial charge is 0.270 e. The molecule has 1 fully saturated rings. The van der Waals surface area contributed by atoms with Crippen molar-refractivity contribution in [1.82, 2.24) is 14.8 Å². The third-order valence-corrected chi connectivity index (χ3v) is 5.44. The van der Waals surface area contributed by atoms with Crippen molar-refractivity contribution < 1.29 is 19.0 Å². The Morgan fingerprint density at radius 1 is 1.00 bits per heavy atom. The molecule has 1 N–H and O–H groups in total. The Balaban J connectivity index is 1.10. The van der Waals surface area contributed by atoms with E-state index in [9.17, 15) is 4.79 Å². The second-order valence-corrected chi connectivity index (χ2v) is 7.27. The number of benzene rings is 2. The Kier molecular flexibility index (Phi) is 4.73. The van der Waals surface area contributed by atoms with Crippen LogP contribution in [-0.2, 0) is 0 Å². The maximum absolute atomic E-state index is 12.8. The number of piperazine rings is 1. The number of aromatic nitrogens is 1. The summed E-state index contributed by atoms with van der Waals surface area (Å²) in [4.78, 5) is 20.3. The van der Waals surface area contributed by atoms with Crippen LogP contribution in [0.2, 0.25) is 0 Å².